The van der Waals surface area contributed by atoms with Crippen LogP contribution in [0.4, 0.5) is 24.5 Å². The van der Waals surface area contributed by atoms with Crippen LogP contribution in [0.2, 0.25) is 5.02 Å². The number of hydrogen-bond donors (Lipinski definition) is 2. The van der Waals surface area contributed by atoms with Gasteiger partial charge in [-0.25, -0.2) is 4.68 Å². The van der Waals surface area contributed by atoms with Gasteiger partial charge in [0.15, 0.2) is 5.69 Å². The average molecular weight is 467 g/mol. The van der Waals surface area contributed by atoms with Crippen molar-refractivity contribution in [1.29, 1.82) is 0 Å². The Labute approximate surface area is 188 Å². The minimum atomic E-state index is -4.85. The number of rotatable bonds is 7. The second kappa shape index (κ2) is 10.8. The van der Waals surface area contributed by atoms with Gasteiger partial charge in [0.05, 0.1) is 17.5 Å². The van der Waals surface area contributed by atoms with Crippen LogP contribution >= 0.6 is 11.6 Å². The molecule has 170 valence electrons. The normalized spacial score (nSPS) is 12.5. The van der Waals surface area contributed by atoms with Crippen molar-refractivity contribution in [2.45, 2.75) is 33.4 Å². The quantitative estimate of drug-likeness (QED) is 0.480. The predicted molar refractivity (Wildman–Crippen MR) is 119 cm³/mol. The minimum Gasteiger partial charge on any atom is -0.326 e. The first-order chi connectivity index (χ1) is 15.1. The Morgan fingerprint density at radius 1 is 1.12 bits per heavy atom. The maximum atomic E-state index is 13.9. The van der Waals surface area contributed by atoms with Crippen LogP contribution < -0.4 is 10.6 Å². The van der Waals surface area contributed by atoms with Crippen molar-refractivity contribution >= 4 is 40.5 Å². The Kier molecular flexibility index (Phi) is 8.42. The second-order valence-electron chi connectivity index (χ2n) is 6.52. The third-order valence-corrected chi connectivity index (χ3v) is 4.30. The molecule has 1 aromatic carbocycles. The number of halogens is 4. The Hall–Kier alpha value is -3.33. The van der Waals surface area contributed by atoms with Crippen LogP contribution in [0.1, 0.15) is 43.2 Å². The molecule has 0 unspecified atom stereocenters. The van der Waals surface area contributed by atoms with Gasteiger partial charge in [0.25, 0.3) is 5.91 Å². The van der Waals surface area contributed by atoms with Crippen LogP contribution in [0.3, 0.4) is 0 Å². The summed E-state index contributed by atoms with van der Waals surface area (Å²) >= 11 is 6.02. The van der Waals surface area contributed by atoms with Gasteiger partial charge in [-0.15, -0.1) is 0 Å². The number of aromatic nitrogens is 2. The van der Waals surface area contributed by atoms with Crippen LogP contribution in [0.15, 0.2) is 54.8 Å². The number of nitrogens with one attached hydrogen (secondary N) is 2. The summed E-state index contributed by atoms with van der Waals surface area (Å²) in [5.74, 6) is -1.31. The van der Waals surface area contributed by atoms with Gasteiger partial charge in [-0.3, -0.25) is 9.59 Å². The number of alkyl halides is 3. The zero-order valence-corrected chi connectivity index (χ0v) is 18.4. The van der Waals surface area contributed by atoms with Crippen LogP contribution in [0.5, 0.6) is 0 Å². The number of carbonyl (C=O) groups is 2. The molecular weight excluding hydrogens is 445 g/mol. The summed E-state index contributed by atoms with van der Waals surface area (Å²) in [5.41, 5.74) is -1.33. The minimum absolute atomic E-state index is 0.118. The highest BCUT2D eigenvalue weighted by Gasteiger charge is 2.40. The van der Waals surface area contributed by atoms with E-state index in [0.29, 0.717) is 10.4 Å². The van der Waals surface area contributed by atoms with E-state index in [2.05, 4.69) is 15.7 Å². The number of hydrogen-bond acceptors (Lipinski definition) is 3. The average Bonchev–Trinajstić information content (AvgIpc) is 3.16. The van der Waals surface area contributed by atoms with Crippen molar-refractivity contribution < 1.29 is 22.8 Å². The summed E-state index contributed by atoms with van der Waals surface area (Å²) < 4.78 is 42.4. The lowest BCUT2D eigenvalue weighted by Crippen LogP contribution is -2.21. The largest absolute Gasteiger partial charge is 0.434 e. The molecule has 2 amide bonds. The fourth-order valence-corrected chi connectivity index (χ4v) is 2.96. The number of nitrogens with zero attached hydrogens (tertiary/aromatic N) is 2. The van der Waals surface area contributed by atoms with E-state index in [0.717, 1.165) is 6.20 Å². The van der Waals surface area contributed by atoms with Crippen molar-refractivity contribution in [3.8, 4) is 0 Å². The summed E-state index contributed by atoms with van der Waals surface area (Å²) in [7, 11) is 0. The smallest absolute Gasteiger partial charge is 0.326 e. The molecule has 0 saturated carbocycles. The van der Waals surface area contributed by atoms with E-state index >= 15 is 0 Å². The summed E-state index contributed by atoms with van der Waals surface area (Å²) in [5, 5.41) is 8.96. The summed E-state index contributed by atoms with van der Waals surface area (Å²) in [6.07, 6.45) is 3.90. The zero-order chi connectivity index (χ0) is 23.9. The molecule has 0 radical (unpaired) electrons. The van der Waals surface area contributed by atoms with Gasteiger partial charge in [0, 0.05) is 22.8 Å². The third kappa shape index (κ3) is 6.34. The van der Waals surface area contributed by atoms with Gasteiger partial charge in [-0.2, -0.15) is 18.3 Å². The molecule has 10 heteroatoms. The molecule has 1 aromatic heterocycles. The standard InChI is InChI=1S/C22H22ClF3N4O2/c1-4-7-9-17(8-5-2)30-20(22(24,25)26)18(13-27-30)21(32)29-16-11-14(23)10-15(12-16)28-19(31)6-3/h4-5,7-13H,6H2,1-3H3,(H,28,31)(H,29,32)/b7-4-,8-5-,17-9+. The highest BCUT2D eigenvalue weighted by molar-refractivity contribution is 6.31. The van der Waals surface area contributed by atoms with Gasteiger partial charge >= 0.3 is 6.18 Å². The SMILES string of the molecule is C\C=C/C=C(\C=C/C)n1ncc(C(=O)Nc2cc(Cl)cc(NC(=O)CC)c2)c1C(F)(F)F. The van der Waals surface area contributed by atoms with Gasteiger partial charge < -0.3 is 10.6 Å². The topological polar surface area (TPSA) is 76.0 Å². The van der Waals surface area contributed by atoms with Gasteiger partial charge in [-0.05, 0) is 44.2 Å². The van der Waals surface area contributed by atoms with Crippen molar-refractivity contribution in [2.75, 3.05) is 10.6 Å². The van der Waals surface area contributed by atoms with Crippen molar-refractivity contribution in [3.05, 3.63) is 71.1 Å². The van der Waals surface area contributed by atoms with E-state index < -0.39 is 23.3 Å². The monoisotopic (exact) mass is 466 g/mol. The number of allylic oxidation sites excluding steroid dienone is 6. The molecule has 32 heavy (non-hydrogen) atoms. The molecule has 2 N–H and O–H groups in total. The zero-order valence-electron chi connectivity index (χ0n) is 17.6. The lowest BCUT2D eigenvalue weighted by atomic mass is 10.2. The van der Waals surface area contributed by atoms with Gasteiger partial charge in [0.1, 0.15) is 0 Å². The Morgan fingerprint density at radius 2 is 1.78 bits per heavy atom. The number of carbonyl (C=O) groups excluding carboxylic acids is 2. The molecule has 2 rings (SSSR count). The summed E-state index contributed by atoms with van der Waals surface area (Å²) in [6.45, 7) is 5.03. The van der Waals surface area contributed by atoms with Crippen molar-refractivity contribution in [1.82, 2.24) is 9.78 Å². The van der Waals surface area contributed by atoms with E-state index in [1.807, 2.05) is 0 Å². The van der Waals surface area contributed by atoms with E-state index in [4.69, 9.17) is 11.6 Å². The fraction of sp³-hybridized carbons (Fsp3) is 0.227. The first-order valence-electron chi connectivity index (χ1n) is 9.63. The maximum absolute atomic E-state index is 13.9. The first-order valence-corrected chi connectivity index (χ1v) is 10.0. The first kappa shape index (κ1) is 24.9. The van der Waals surface area contributed by atoms with Gasteiger partial charge in [-0.1, -0.05) is 36.8 Å². The molecule has 0 bridgehead atoms. The molecule has 0 fully saturated rings. The highest BCUT2D eigenvalue weighted by atomic mass is 35.5. The van der Waals surface area contributed by atoms with Crippen molar-refractivity contribution in [3.63, 3.8) is 0 Å². The van der Waals surface area contributed by atoms with Crippen molar-refractivity contribution in [2.24, 2.45) is 0 Å². The third-order valence-electron chi connectivity index (χ3n) is 4.08. The number of benzene rings is 1. The van der Waals surface area contributed by atoms with E-state index in [-0.39, 0.29) is 28.7 Å². The van der Waals surface area contributed by atoms with Crippen LogP contribution in [0, 0.1) is 0 Å². The molecule has 1 heterocycles. The molecule has 0 aliphatic carbocycles. The molecule has 0 saturated heterocycles. The van der Waals surface area contributed by atoms with Crippen LogP contribution in [-0.4, -0.2) is 21.6 Å². The van der Waals surface area contributed by atoms with Crippen LogP contribution in [-0.2, 0) is 11.0 Å². The Bertz CT molecular complexity index is 1090. The molecular formula is C22H22ClF3N4O2. The van der Waals surface area contributed by atoms with Gasteiger partial charge in [0.2, 0.25) is 5.91 Å². The van der Waals surface area contributed by atoms with E-state index in [9.17, 15) is 22.8 Å². The highest BCUT2D eigenvalue weighted by Crippen LogP contribution is 2.34. The maximum Gasteiger partial charge on any atom is 0.434 e. The molecule has 2 aromatic rings. The second-order valence-corrected chi connectivity index (χ2v) is 6.95. The molecule has 0 atom stereocenters. The lowest BCUT2D eigenvalue weighted by molar-refractivity contribution is -0.143. The molecule has 0 aliphatic rings. The Morgan fingerprint density at radius 3 is 2.34 bits per heavy atom. The summed E-state index contributed by atoms with van der Waals surface area (Å²) in [6, 6.07) is 4.21. The fourth-order valence-electron chi connectivity index (χ4n) is 2.73. The van der Waals surface area contributed by atoms with E-state index in [1.54, 1.807) is 39.0 Å². The summed E-state index contributed by atoms with van der Waals surface area (Å²) in [4.78, 5) is 24.3. The number of anilines is 2. The number of amides is 2. The molecule has 0 aliphatic heterocycles. The predicted octanol–water partition coefficient (Wildman–Crippen LogP) is 6.15. The van der Waals surface area contributed by atoms with Crippen LogP contribution in [0.25, 0.3) is 5.70 Å². The Balaban J connectivity index is 2.47. The molecule has 0 spiro atoms. The van der Waals surface area contributed by atoms with E-state index in [1.165, 1.54) is 30.4 Å². The lowest BCUT2D eigenvalue weighted by Gasteiger charge is -2.14. The molecule has 6 nitrogen and oxygen atoms in total.